The normalized spacial score (nSPS) is 11.5. The van der Waals surface area contributed by atoms with Crippen LogP contribution in [-0.4, -0.2) is 25.7 Å². The number of halogens is 1. The first-order valence-electron chi connectivity index (χ1n) is 6.36. The molecule has 0 saturated heterocycles. The Morgan fingerprint density at radius 1 is 1.35 bits per heavy atom. The summed E-state index contributed by atoms with van der Waals surface area (Å²) in [4.78, 5) is 11.9. The van der Waals surface area contributed by atoms with E-state index in [-0.39, 0.29) is 24.2 Å². The molecule has 1 aromatic carbocycles. The van der Waals surface area contributed by atoms with E-state index in [0.29, 0.717) is 23.8 Å². The highest BCUT2D eigenvalue weighted by Gasteiger charge is 2.17. The fourth-order valence-electron chi connectivity index (χ4n) is 1.55. The van der Waals surface area contributed by atoms with Crippen LogP contribution in [0.4, 0.5) is 5.69 Å². The number of carbonyl (C=O) groups is 1. The highest BCUT2D eigenvalue weighted by molar-refractivity contribution is 5.95. The second-order valence-corrected chi connectivity index (χ2v) is 4.56. The average Bonchev–Trinajstić information content (AvgIpc) is 2.39. The predicted molar refractivity (Wildman–Crippen MR) is 82.9 cm³/mol. The summed E-state index contributed by atoms with van der Waals surface area (Å²) >= 11 is 0. The molecule has 1 rings (SSSR count). The summed E-state index contributed by atoms with van der Waals surface area (Å²) in [5, 5.41) is 2.77. The third-order valence-electron chi connectivity index (χ3n) is 2.75. The third kappa shape index (κ3) is 4.90. The number of ether oxygens (including phenoxy) is 2. The van der Waals surface area contributed by atoms with Crippen molar-refractivity contribution in [2.75, 3.05) is 19.0 Å². The number of rotatable bonds is 6. The first-order valence-corrected chi connectivity index (χ1v) is 6.36. The summed E-state index contributed by atoms with van der Waals surface area (Å²) in [6, 6.07) is 4.71. The van der Waals surface area contributed by atoms with Crippen LogP contribution in [0.25, 0.3) is 0 Å². The summed E-state index contributed by atoms with van der Waals surface area (Å²) in [6.45, 7) is 6.27. The zero-order chi connectivity index (χ0) is 14.4. The van der Waals surface area contributed by atoms with Gasteiger partial charge >= 0.3 is 0 Å². The number of nitrogens with two attached hydrogens (primary N) is 1. The first kappa shape index (κ1) is 18.5. The van der Waals surface area contributed by atoms with Gasteiger partial charge in [-0.05, 0) is 25.0 Å². The molecule has 0 bridgehead atoms. The Bertz CT molecular complexity index is 438. The second kappa shape index (κ2) is 8.66. The number of hydrogen-bond acceptors (Lipinski definition) is 4. The van der Waals surface area contributed by atoms with Crippen molar-refractivity contribution < 1.29 is 14.3 Å². The van der Waals surface area contributed by atoms with Crippen LogP contribution in [0.5, 0.6) is 11.5 Å². The van der Waals surface area contributed by atoms with Gasteiger partial charge in [0.25, 0.3) is 0 Å². The van der Waals surface area contributed by atoms with Crippen molar-refractivity contribution in [3.63, 3.8) is 0 Å². The van der Waals surface area contributed by atoms with Crippen LogP contribution in [0, 0.1) is 5.92 Å². The van der Waals surface area contributed by atoms with Crippen LogP contribution in [0.3, 0.4) is 0 Å². The molecule has 1 atom stereocenters. The fourth-order valence-corrected chi connectivity index (χ4v) is 1.55. The van der Waals surface area contributed by atoms with Crippen molar-refractivity contribution in [3.05, 3.63) is 18.2 Å². The number of nitrogens with one attached hydrogen (secondary N) is 1. The Morgan fingerprint density at radius 3 is 2.50 bits per heavy atom. The number of carbonyl (C=O) groups excluding carboxylic acids is 1. The monoisotopic (exact) mass is 302 g/mol. The van der Waals surface area contributed by atoms with Gasteiger partial charge in [0.2, 0.25) is 5.91 Å². The molecule has 0 saturated carbocycles. The van der Waals surface area contributed by atoms with Crippen molar-refractivity contribution in [1.29, 1.82) is 0 Å². The van der Waals surface area contributed by atoms with Crippen LogP contribution in [-0.2, 0) is 4.79 Å². The van der Waals surface area contributed by atoms with Gasteiger partial charge < -0.3 is 20.5 Å². The zero-order valence-corrected chi connectivity index (χ0v) is 13.1. The molecule has 0 aromatic heterocycles. The van der Waals surface area contributed by atoms with E-state index >= 15 is 0 Å². The van der Waals surface area contributed by atoms with Gasteiger partial charge in [0.1, 0.15) is 0 Å². The van der Waals surface area contributed by atoms with Crippen molar-refractivity contribution in [2.45, 2.75) is 26.8 Å². The molecule has 0 fully saturated rings. The zero-order valence-electron chi connectivity index (χ0n) is 12.3. The predicted octanol–water partition coefficient (Wildman–Crippen LogP) is 2.44. The van der Waals surface area contributed by atoms with Gasteiger partial charge in [-0.2, -0.15) is 0 Å². The van der Waals surface area contributed by atoms with Gasteiger partial charge in [-0.3, -0.25) is 4.79 Å². The molecular weight excluding hydrogens is 280 g/mol. The highest BCUT2D eigenvalue weighted by atomic mass is 35.5. The standard InChI is InChI=1S/C14H22N2O3.ClH/c1-5-19-11-7-6-10(8-12(11)18-4)16-14(17)13(15)9(2)3;/h6-9,13H,5,15H2,1-4H3,(H,16,17);1H. The minimum atomic E-state index is -0.530. The van der Waals surface area contributed by atoms with Crippen molar-refractivity contribution in [3.8, 4) is 11.5 Å². The molecule has 114 valence electrons. The van der Waals surface area contributed by atoms with Crippen molar-refractivity contribution >= 4 is 24.0 Å². The average molecular weight is 303 g/mol. The molecule has 0 radical (unpaired) electrons. The van der Waals surface area contributed by atoms with E-state index in [2.05, 4.69) is 5.32 Å². The van der Waals surface area contributed by atoms with Crippen molar-refractivity contribution in [1.82, 2.24) is 0 Å². The van der Waals surface area contributed by atoms with E-state index in [0.717, 1.165) is 0 Å². The van der Waals surface area contributed by atoms with Crippen LogP contribution in [0.1, 0.15) is 20.8 Å². The molecule has 1 amide bonds. The molecule has 0 aliphatic carbocycles. The molecule has 0 aliphatic rings. The topological polar surface area (TPSA) is 73.6 Å². The van der Waals surface area contributed by atoms with E-state index in [1.54, 1.807) is 25.3 Å². The van der Waals surface area contributed by atoms with Gasteiger partial charge in [-0.1, -0.05) is 13.8 Å². The lowest BCUT2D eigenvalue weighted by Gasteiger charge is -2.16. The van der Waals surface area contributed by atoms with E-state index in [1.807, 2.05) is 20.8 Å². The number of amides is 1. The summed E-state index contributed by atoms with van der Waals surface area (Å²) in [7, 11) is 1.56. The molecule has 1 unspecified atom stereocenters. The lowest BCUT2D eigenvalue weighted by Crippen LogP contribution is -2.39. The Kier molecular flexibility index (Phi) is 8.03. The summed E-state index contributed by atoms with van der Waals surface area (Å²) in [5.74, 6) is 1.11. The van der Waals surface area contributed by atoms with Crippen LogP contribution in [0.2, 0.25) is 0 Å². The van der Waals surface area contributed by atoms with E-state index < -0.39 is 6.04 Å². The van der Waals surface area contributed by atoms with Gasteiger partial charge in [0.05, 0.1) is 19.8 Å². The van der Waals surface area contributed by atoms with Gasteiger partial charge in [-0.15, -0.1) is 12.4 Å². The Hall–Kier alpha value is -1.46. The minimum absolute atomic E-state index is 0. The number of hydrogen-bond donors (Lipinski definition) is 2. The molecule has 20 heavy (non-hydrogen) atoms. The Labute approximate surface area is 126 Å². The van der Waals surface area contributed by atoms with E-state index in [9.17, 15) is 4.79 Å². The quantitative estimate of drug-likeness (QED) is 0.846. The van der Waals surface area contributed by atoms with Crippen LogP contribution in [0.15, 0.2) is 18.2 Å². The Balaban J connectivity index is 0.00000361. The second-order valence-electron chi connectivity index (χ2n) is 4.56. The summed E-state index contributed by atoms with van der Waals surface area (Å²) in [5.41, 5.74) is 6.43. The Morgan fingerprint density at radius 2 is 2.00 bits per heavy atom. The number of benzene rings is 1. The maximum absolute atomic E-state index is 11.9. The molecule has 5 nitrogen and oxygen atoms in total. The molecule has 1 aromatic rings. The molecule has 3 N–H and O–H groups in total. The number of methoxy groups -OCH3 is 1. The molecule has 0 spiro atoms. The van der Waals surface area contributed by atoms with E-state index in [1.165, 1.54) is 0 Å². The van der Waals surface area contributed by atoms with Crippen molar-refractivity contribution in [2.24, 2.45) is 11.7 Å². The van der Waals surface area contributed by atoms with Gasteiger partial charge in [-0.25, -0.2) is 0 Å². The first-order chi connectivity index (χ1) is 8.99. The minimum Gasteiger partial charge on any atom is -0.493 e. The maximum Gasteiger partial charge on any atom is 0.241 e. The molecule has 0 aliphatic heterocycles. The molecule has 0 heterocycles. The van der Waals surface area contributed by atoms with Gasteiger partial charge in [0, 0.05) is 11.8 Å². The number of anilines is 1. The largest absolute Gasteiger partial charge is 0.493 e. The van der Waals surface area contributed by atoms with Gasteiger partial charge in [0.15, 0.2) is 11.5 Å². The lowest BCUT2D eigenvalue weighted by molar-refractivity contribution is -0.118. The SMILES string of the molecule is CCOc1ccc(NC(=O)C(N)C(C)C)cc1OC.Cl. The fraction of sp³-hybridized carbons (Fsp3) is 0.500. The molecular formula is C14H23ClN2O3. The third-order valence-corrected chi connectivity index (χ3v) is 2.75. The van der Waals surface area contributed by atoms with Crippen LogP contribution < -0.4 is 20.5 Å². The molecule has 6 heteroatoms. The van der Waals surface area contributed by atoms with Crippen LogP contribution >= 0.6 is 12.4 Å². The smallest absolute Gasteiger partial charge is 0.241 e. The summed E-state index contributed by atoms with van der Waals surface area (Å²) < 4.78 is 10.6. The maximum atomic E-state index is 11.9. The lowest BCUT2D eigenvalue weighted by atomic mass is 10.0. The summed E-state index contributed by atoms with van der Waals surface area (Å²) in [6.07, 6.45) is 0. The highest BCUT2D eigenvalue weighted by Crippen LogP contribution is 2.30. The van der Waals surface area contributed by atoms with E-state index in [4.69, 9.17) is 15.2 Å².